The summed E-state index contributed by atoms with van der Waals surface area (Å²) in [4.78, 5) is 37.7. The average molecular weight is 1330 g/mol. The van der Waals surface area contributed by atoms with Gasteiger partial charge in [-0.05, 0) is 96.3 Å². The first kappa shape index (κ1) is 91.2. The van der Waals surface area contributed by atoms with E-state index in [1.807, 2.05) is 21.1 Å². The molecule has 9 nitrogen and oxygen atoms in total. The summed E-state index contributed by atoms with van der Waals surface area (Å²) in [5.74, 6) is -1.98. The summed E-state index contributed by atoms with van der Waals surface area (Å²) in [5.41, 5.74) is 0. The van der Waals surface area contributed by atoms with Gasteiger partial charge in [-0.25, -0.2) is 4.79 Å². The van der Waals surface area contributed by atoms with E-state index in [1.54, 1.807) is 0 Å². The van der Waals surface area contributed by atoms with Gasteiger partial charge in [-0.1, -0.05) is 361 Å². The van der Waals surface area contributed by atoms with E-state index < -0.39 is 18.4 Å². The lowest BCUT2D eigenvalue weighted by atomic mass is 10.0. The molecule has 0 aromatic carbocycles. The van der Waals surface area contributed by atoms with Crippen molar-refractivity contribution in [2.45, 2.75) is 386 Å². The molecule has 0 aromatic heterocycles. The third-order valence-electron chi connectivity index (χ3n) is 17.8. The maximum Gasteiger partial charge on any atom is 0.361 e. The SMILES string of the molecule is CC/C=C\C/C=C\C/C=C\C/C=C\C/C=C\C/C=C\C/C=C\CCCCCCCCCCCCCCCCCCCCCC(=O)OC(COC(=O)CCCCCCCCCCCCCCCCCCC/C=C\CCCCCCCCCC)COC(OCC[N+](C)(C)C)C(=O)O. The Balaban J connectivity index is 3.99. The lowest BCUT2D eigenvalue weighted by Crippen LogP contribution is -2.40. The van der Waals surface area contributed by atoms with Crippen LogP contribution in [-0.4, -0.2) is 87.4 Å². The number of ether oxygens (including phenoxy) is 4. The molecule has 0 aliphatic rings. The van der Waals surface area contributed by atoms with Gasteiger partial charge >= 0.3 is 17.9 Å². The van der Waals surface area contributed by atoms with Crippen molar-refractivity contribution in [1.82, 2.24) is 0 Å². The molecule has 0 rings (SSSR count). The molecule has 0 fully saturated rings. The maximum atomic E-state index is 13.0. The lowest BCUT2D eigenvalue weighted by Gasteiger charge is -2.25. The van der Waals surface area contributed by atoms with E-state index in [1.165, 1.54) is 263 Å². The van der Waals surface area contributed by atoms with Crippen LogP contribution in [0.15, 0.2) is 97.2 Å². The molecule has 550 valence electrons. The second-order valence-electron chi connectivity index (χ2n) is 28.3. The van der Waals surface area contributed by atoms with E-state index in [-0.39, 0.29) is 38.2 Å². The zero-order valence-corrected chi connectivity index (χ0v) is 63.1. The number of hydrogen-bond acceptors (Lipinski definition) is 7. The van der Waals surface area contributed by atoms with Crippen LogP contribution in [0.3, 0.4) is 0 Å². The summed E-state index contributed by atoms with van der Waals surface area (Å²) in [6.07, 6.45) is 103. The number of rotatable bonds is 75. The first-order valence-corrected chi connectivity index (χ1v) is 40.4. The Labute approximate surface area is 588 Å². The molecule has 2 atom stereocenters. The van der Waals surface area contributed by atoms with Crippen LogP contribution in [0, 0.1) is 0 Å². The van der Waals surface area contributed by atoms with Gasteiger partial charge < -0.3 is 28.5 Å². The summed E-state index contributed by atoms with van der Waals surface area (Å²) in [5, 5.41) is 9.78. The zero-order chi connectivity index (χ0) is 69.0. The van der Waals surface area contributed by atoms with Gasteiger partial charge in [0.25, 0.3) is 6.29 Å². The van der Waals surface area contributed by atoms with Gasteiger partial charge in [0.2, 0.25) is 0 Å². The van der Waals surface area contributed by atoms with Crippen LogP contribution in [0.25, 0.3) is 0 Å². The fourth-order valence-corrected chi connectivity index (χ4v) is 11.7. The second kappa shape index (κ2) is 76.0. The van der Waals surface area contributed by atoms with Gasteiger partial charge in [0.15, 0.2) is 6.10 Å². The minimum absolute atomic E-state index is 0.179. The van der Waals surface area contributed by atoms with E-state index >= 15 is 0 Å². The molecule has 0 spiro atoms. The minimum Gasteiger partial charge on any atom is -0.477 e. The van der Waals surface area contributed by atoms with E-state index in [0.29, 0.717) is 17.4 Å². The number of likely N-dealkylation sites (N-methyl/N-ethyl adjacent to an activating group) is 1. The minimum atomic E-state index is -1.51. The number of carbonyl (C=O) groups is 3. The Kier molecular flexibility index (Phi) is 72.9. The number of carbonyl (C=O) groups excluding carboxylic acids is 2. The normalized spacial score (nSPS) is 13.1. The van der Waals surface area contributed by atoms with Crippen molar-refractivity contribution in [2.75, 3.05) is 47.5 Å². The molecule has 0 radical (unpaired) electrons. The Bertz CT molecular complexity index is 1890. The number of quaternary nitrogens is 1. The first-order valence-electron chi connectivity index (χ1n) is 40.4. The highest BCUT2D eigenvalue weighted by Crippen LogP contribution is 2.19. The molecule has 0 aliphatic heterocycles. The van der Waals surface area contributed by atoms with E-state index in [2.05, 4.69) is 111 Å². The standard InChI is InChI=1S/C86H153NO8/c1-6-8-10-12-14-16-18-20-22-24-26-28-30-32-34-36-37-38-39-40-41-42-43-44-45-46-47-49-51-53-55-57-59-61-63-65-67-69-71-73-75-77-84(89)95-82(81-94-86(85(90)91)92-79-78-87(3,4)5)80-93-83(88)76-74-72-70-68-66-64-62-60-58-56-54-52-50-48-35-33-31-29-27-25-23-21-19-17-15-13-11-9-7-2/h8,10,14,16,20,22,25-28,32,34,37-38,40-41,82,86H,6-7,9,11-13,15,17-19,21,23-24,29-31,33,35-36,39,42-81H2,1-5H3/p+1/b10-8-,16-14-,22-20-,27-25-,28-26-,34-32-,38-37-,41-40-. The molecule has 0 amide bonds. The summed E-state index contributed by atoms with van der Waals surface area (Å²) < 4.78 is 23.1. The Morgan fingerprint density at radius 2 is 0.600 bits per heavy atom. The maximum absolute atomic E-state index is 13.0. The summed E-state index contributed by atoms with van der Waals surface area (Å²) in [6.45, 7) is 4.82. The third kappa shape index (κ3) is 77.4. The Hall–Kier alpha value is -3.79. The topological polar surface area (TPSA) is 108 Å². The number of aliphatic carboxylic acids is 1. The summed E-state index contributed by atoms with van der Waals surface area (Å²) in [7, 11) is 5.99. The quantitative estimate of drug-likeness (QED) is 0.0211. The number of unbranched alkanes of at least 4 members (excludes halogenated alkanes) is 44. The van der Waals surface area contributed by atoms with Crippen LogP contribution in [0.2, 0.25) is 0 Å². The van der Waals surface area contributed by atoms with Crippen LogP contribution in [0.4, 0.5) is 0 Å². The van der Waals surface area contributed by atoms with Crippen LogP contribution >= 0.6 is 0 Å². The molecule has 0 heterocycles. The van der Waals surface area contributed by atoms with E-state index in [0.717, 1.165) is 83.5 Å². The molecular weight excluding hydrogens is 1170 g/mol. The lowest BCUT2D eigenvalue weighted by molar-refractivity contribution is -0.870. The summed E-state index contributed by atoms with van der Waals surface area (Å²) in [6, 6.07) is 0. The molecule has 0 bridgehead atoms. The Morgan fingerprint density at radius 1 is 0.326 bits per heavy atom. The molecule has 9 heteroatoms. The molecule has 2 unspecified atom stereocenters. The molecule has 0 saturated heterocycles. The highest BCUT2D eigenvalue weighted by molar-refractivity contribution is 5.71. The van der Waals surface area contributed by atoms with Crippen molar-refractivity contribution in [3.05, 3.63) is 97.2 Å². The van der Waals surface area contributed by atoms with Crippen molar-refractivity contribution in [3.63, 3.8) is 0 Å². The number of nitrogens with zero attached hydrogens (tertiary/aromatic N) is 1. The van der Waals surface area contributed by atoms with Gasteiger partial charge in [0, 0.05) is 12.8 Å². The largest absolute Gasteiger partial charge is 0.477 e. The van der Waals surface area contributed by atoms with Gasteiger partial charge in [0.1, 0.15) is 13.2 Å². The molecule has 0 aromatic rings. The van der Waals surface area contributed by atoms with Crippen molar-refractivity contribution in [2.24, 2.45) is 0 Å². The average Bonchev–Trinajstić information content (AvgIpc) is 3.54. The third-order valence-corrected chi connectivity index (χ3v) is 17.8. The predicted molar refractivity (Wildman–Crippen MR) is 410 cm³/mol. The van der Waals surface area contributed by atoms with Crippen molar-refractivity contribution < 1.29 is 42.9 Å². The smallest absolute Gasteiger partial charge is 0.361 e. The number of esters is 2. The van der Waals surface area contributed by atoms with Crippen LogP contribution < -0.4 is 0 Å². The molecule has 95 heavy (non-hydrogen) atoms. The van der Waals surface area contributed by atoms with Gasteiger partial charge in [0.05, 0.1) is 34.4 Å². The monoisotopic (exact) mass is 1330 g/mol. The highest BCUT2D eigenvalue weighted by Gasteiger charge is 2.25. The van der Waals surface area contributed by atoms with Crippen molar-refractivity contribution in [1.29, 1.82) is 0 Å². The fraction of sp³-hybridized carbons (Fsp3) is 0.779. The van der Waals surface area contributed by atoms with Crippen LogP contribution in [-0.2, 0) is 33.3 Å². The summed E-state index contributed by atoms with van der Waals surface area (Å²) >= 11 is 0. The number of allylic oxidation sites excluding steroid dienone is 16. The predicted octanol–water partition coefficient (Wildman–Crippen LogP) is 25.9. The van der Waals surface area contributed by atoms with Gasteiger partial charge in [-0.2, -0.15) is 0 Å². The van der Waals surface area contributed by atoms with Crippen molar-refractivity contribution in [3.8, 4) is 0 Å². The zero-order valence-electron chi connectivity index (χ0n) is 63.1. The van der Waals surface area contributed by atoms with Crippen LogP contribution in [0.5, 0.6) is 0 Å². The molecule has 0 saturated carbocycles. The van der Waals surface area contributed by atoms with Crippen LogP contribution in [0.1, 0.15) is 373 Å². The number of carboxylic acid groups (broad SMARTS) is 1. The second-order valence-corrected chi connectivity index (χ2v) is 28.3. The highest BCUT2D eigenvalue weighted by atomic mass is 16.7. The van der Waals surface area contributed by atoms with Crippen molar-refractivity contribution >= 4 is 17.9 Å². The molecular formula is C86H154NO8+. The number of hydrogen-bond donors (Lipinski definition) is 1. The number of carboxylic acids is 1. The van der Waals surface area contributed by atoms with E-state index in [9.17, 15) is 19.5 Å². The van der Waals surface area contributed by atoms with Gasteiger partial charge in [-0.3, -0.25) is 9.59 Å². The fourth-order valence-electron chi connectivity index (χ4n) is 11.7. The molecule has 1 N–H and O–H groups in total. The first-order chi connectivity index (χ1) is 46.6. The van der Waals surface area contributed by atoms with E-state index in [4.69, 9.17) is 18.9 Å². The Morgan fingerprint density at radius 3 is 0.905 bits per heavy atom. The van der Waals surface area contributed by atoms with Gasteiger partial charge in [-0.15, -0.1) is 0 Å². The molecule has 0 aliphatic carbocycles.